The van der Waals surface area contributed by atoms with Gasteiger partial charge >= 0.3 is 0 Å². The van der Waals surface area contributed by atoms with E-state index < -0.39 is 0 Å². The van der Waals surface area contributed by atoms with Crippen LogP contribution in [0.4, 0.5) is 0 Å². The van der Waals surface area contributed by atoms with Gasteiger partial charge in [-0.25, -0.2) is 0 Å². The highest BCUT2D eigenvalue weighted by atomic mass is 127. The van der Waals surface area contributed by atoms with E-state index in [9.17, 15) is 5.11 Å². The summed E-state index contributed by atoms with van der Waals surface area (Å²) in [6, 6.07) is 13.7. The Labute approximate surface area is 181 Å². The number of hydrogen-bond acceptors (Lipinski definition) is 2. The summed E-state index contributed by atoms with van der Waals surface area (Å²) in [6.45, 7) is 1.29. The Kier molecular flexibility index (Phi) is 6.07. The maximum absolute atomic E-state index is 10.7. The van der Waals surface area contributed by atoms with Crippen LogP contribution in [0.2, 0.25) is 0 Å². The van der Waals surface area contributed by atoms with Crippen LogP contribution >= 0.6 is 45.2 Å². The standard InChI is InChI=1S/C21H24I2N2O/c22-14-6-8-20-18(10-14)19-11-15(23)7-9-21(19)25(20)13-17(26)12-24-16-4-2-1-3-5-16/h6-11,16-17,24,26H,1-5,12-13H2/t17-/m1/s1. The van der Waals surface area contributed by atoms with E-state index in [1.54, 1.807) is 0 Å². The molecule has 3 aromatic rings. The third-order valence-electron chi connectivity index (χ3n) is 5.43. The van der Waals surface area contributed by atoms with Gasteiger partial charge in [0.1, 0.15) is 0 Å². The number of hydrogen-bond donors (Lipinski definition) is 2. The molecule has 2 aromatic carbocycles. The minimum absolute atomic E-state index is 0.380. The Morgan fingerprint density at radius 3 is 2.12 bits per heavy atom. The molecule has 1 saturated carbocycles. The second-order valence-electron chi connectivity index (χ2n) is 7.33. The fourth-order valence-electron chi connectivity index (χ4n) is 4.13. The zero-order valence-electron chi connectivity index (χ0n) is 14.7. The van der Waals surface area contributed by atoms with E-state index in [0.29, 0.717) is 19.1 Å². The molecule has 1 aliphatic carbocycles. The number of aliphatic hydroxyl groups excluding tert-OH is 1. The van der Waals surface area contributed by atoms with Crippen molar-refractivity contribution in [1.29, 1.82) is 0 Å². The van der Waals surface area contributed by atoms with Crippen LogP contribution in [0.1, 0.15) is 32.1 Å². The summed E-state index contributed by atoms with van der Waals surface area (Å²) in [5, 5.41) is 16.8. The Morgan fingerprint density at radius 1 is 0.962 bits per heavy atom. The molecule has 1 heterocycles. The molecule has 2 N–H and O–H groups in total. The lowest BCUT2D eigenvalue weighted by Gasteiger charge is -2.24. The topological polar surface area (TPSA) is 37.2 Å². The summed E-state index contributed by atoms with van der Waals surface area (Å²) < 4.78 is 4.77. The first-order valence-corrected chi connectivity index (χ1v) is 11.6. The van der Waals surface area contributed by atoms with Crippen LogP contribution in [-0.4, -0.2) is 28.4 Å². The third kappa shape index (κ3) is 4.05. The predicted molar refractivity (Wildman–Crippen MR) is 126 cm³/mol. The van der Waals surface area contributed by atoms with Gasteiger partial charge in [0, 0.05) is 41.5 Å². The average Bonchev–Trinajstić information content (AvgIpc) is 2.93. The minimum Gasteiger partial charge on any atom is -0.390 e. The van der Waals surface area contributed by atoms with Gasteiger partial charge < -0.3 is 15.0 Å². The van der Waals surface area contributed by atoms with E-state index in [4.69, 9.17) is 0 Å². The van der Waals surface area contributed by atoms with E-state index in [0.717, 1.165) is 0 Å². The lowest BCUT2D eigenvalue weighted by atomic mass is 9.95. The molecule has 26 heavy (non-hydrogen) atoms. The first kappa shape index (κ1) is 19.0. The lowest BCUT2D eigenvalue weighted by molar-refractivity contribution is 0.147. The average molecular weight is 574 g/mol. The number of halogens is 2. The van der Waals surface area contributed by atoms with Gasteiger partial charge in [0.05, 0.1) is 12.6 Å². The zero-order chi connectivity index (χ0) is 18.1. The normalized spacial score (nSPS) is 17.2. The van der Waals surface area contributed by atoms with E-state index >= 15 is 0 Å². The van der Waals surface area contributed by atoms with Crippen LogP contribution in [0.25, 0.3) is 21.8 Å². The highest BCUT2D eigenvalue weighted by Crippen LogP contribution is 2.31. The smallest absolute Gasteiger partial charge is 0.0843 e. The molecular formula is C21H24I2N2O. The highest BCUT2D eigenvalue weighted by molar-refractivity contribution is 14.1. The van der Waals surface area contributed by atoms with Crippen molar-refractivity contribution >= 4 is 67.0 Å². The van der Waals surface area contributed by atoms with E-state index in [-0.39, 0.29) is 6.10 Å². The molecule has 3 nitrogen and oxygen atoms in total. The van der Waals surface area contributed by atoms with Gasteiger partial charge in [0.15, 0.2) is 0 Å². The molecule has 0 saturated heterocycles. The van der Waals surface area contributed by atoms with Gasteiger partial charge in [-0.1, -0.05) is 19.3 Å². The second-order valence-corrected chi connectivity index (χ2v) is 9.82. The van der Waals surface area contributed by atoms with Crippen molar-refractivity contribution in [2.45, 2.75) is 50.8 Å². The maximum Gasteiger partial charge on any atom is 0.0843 e. The Morgan fingerprint density at radius 2 is 1.54 bits per heavy atom. The molecule has 0 amide bonds. The molecule has 1 aromatic heterocycles. The molecule has 4 rings (SSSR count). The predicted octanol–water partition coefficient (Wildman–Crippen LogP) is 5.29. The Bertz CT molecular complexity index is 856. The summed E-state index contributed by atoms with van der Waals surface area (Å²) in [5.41, 5.74) is 2.42. The van der Waals surface area contributed by atoms with Crippen LogP contribution in [0.15, 0.2) is 36.4 Å². The van der Waals surface area contributed by atoms with Crippen LogP contribution in [0.3, 0.4) is 0 Å². The number of rotatable bonds is 5. The summed E-state index contributed by atoms with van der Waals surface area (Å²) in [7, 11) is 0. The van der Waals surface area contributed by atoms with Gasteiger partial charge in [0.25, 0.3) is 0 Å². The minimum atomic E-state index is -0.380. The van der Waals surface area contributed by atoms with Gasteiger partial charge in [-0.15, -0.1) is 0 Å². The zero-order valence-corrected chi connectivity index (χ0v) is 19.0. The summed E-state index contributed by atoms with van der Waals surface area (Å²) in [6.07, 6.45) is 6.11. The fraction of sp³-hybridized carbons (Fsp3) is 0.429. The Balaban J connectivity index is 1.60. The molecule has 1 aliphatic rings. The van der Waals surface area contributed by atoms with Crippen molar-refractivity contribution in [3.8, 4) is 0 Å². The molecule has 0 radical (unpaired) electrons. The first-order chi connectivity index (χ1) is 12.6. The first-order valence-electron chi connectivity index (χ1n) is 9.40. The number of aliphatic hydroxyl groups is 1. The van der Waals surface area contributed by atoms with Gasteiger partial charge in [0.2, 0.25) is 0 Å². The maximum atomic E-state index is 10.7. The molecule has 0 unspecified atom stereocenters. The van der Waals surface area contributed by atoms with E-state index in [1.165, 1.54) is 61.1 Å². The molecule has 0 spiro atoms. The number of fused-ring (bicyclic) bond motifs is 3. The monoisotopic (exact) mass is 574 g/mol. The van der Waals surface area contributed by atoms with Crippen molar-refractivity contribution in [3.05, 3.63) is 43.5 Å². The second kappa shape index (κ2) is 8.32. The third-order valence-corrected chi connectivity index (χ3v) is 6.77. The van der Waals surface area contributed by atoms with Crippen LogP contribution in [0.5, 0.6) is 0 Å². The van der Waals surface area contributed by atoms with E-state index in [2.05, 4.69) is 91.5 Å². The summed E-state index contributed by atoms with van der Waals surface area (Å²) >= 11 is 4.74. The highest BCUT2D eigenvalue weighted by Gasteiger charge is 2.17. The lowest BCUT2D eigenvalue weighted by Crippen LogP contribution is -2.38. The molecule has 1 atom stereocenters. The summed E-state index contributed by atoms with van der Waals surface area (Å²) in [5.74, 6) is 0. The SMILES string of the molecule is O[C@H](CNC1CCCCC1)Cn1c2ccc(I)cc2c2cc(I)ccc21. The number of benzene rings is 2. The van der Waals surface area contributed by atoms with E-state index in [1.807, 2.05) is 0 Å². The molecular weight excluding hydrogens is 550 g/mol. The van der Waals surface area contributed by atoms with Gasteiger partial charge in [-0.05, 0) is 94.4 Å². The van der Waals surface area contributed by atoms with Crippen LogP contribution in [-0.2, 0) is 6.54 Å². The Hall–Kier alpha value is -0.380. The van der Waals surface area contributed by atoms with Crippen molar-refractivity contribution in [2.24, 2.45) is 0 Å². The van der Waals surface area contributed by atoms with Crippen molar-refractivity contribution in [1.82, 2.24) is 9.88 Å². The van der Waals surface area contributed by atoms with Crippen LogP contribution in [0, 0.1) is 7.14 Å². The van der Waals surface area contributed by atoms with Gasteiger partial charge in [-0.3, -0.25) is 0 Å². The quantitative estimate of drug-likeness (QED) is 0.407. The van der Waals surface area contributed by atoms with Crippen molar-refractivity contribution in [3.63, 3.8) is 0 Å². The van der Waals surface area contributed by atoms with Crippen LogP contribution < -0.4 is 5.32 Å². The fourth-order valence-corrected chi connectivity index (χ4v) is 5.11. The molecule has 0 bridgehead atoms. The number of aromatic nitrogens is 1. The molecule has 138 valence electrons. The number of nitrogens with zero attached hydrogens (tertiary/aromatic N) is 1. The number of nitrogens with one attached hydrogen (secondary N) is 1. The molecule has 1 fully saturated rings. The molecule has 0 aliphatic heterocycles. The largest absolute Gasteiger partial charge is 0.390 e. The van der Waals surface area contributed by atoms with Crippen molar-refractivity contribution in [2.75, 3.05) is 6.54 Å². The van der Waals surface area contributed by atoms with Crippen molar-refractivity contribution < 1.29 is 5.11 Å². The summed E-state index contributed by atoms with van der Waals surface area (Å²) in [4.78, 5) is 0. The molecule has 5 heteroatoms. The van der Waals surface area contributed by atoms with Gasteiger partial charge in [-0.2, -0.15) is 0 Å².